The van der Waals surface area contributed by atoms with Gasteiger partial charge in [-0.05, 0) is 32.7 Å². The Morgan fingerprint density at radius 3 is 2.65 bits per heavy atom. The van der Waals surface area contributed by atoms with Crippen molar-refractivity contribution in [3.8, 4) is 0 Å². The number of hydrogen-bond acceptors (Lipinski definition) is 4. The lowest BCUT2D eigenvalue weighted by Crippen LogP contribution is -2.57. The van der Waals surface area contributed by atoms with Crippen LogP contribution in [0.1, 0.15) is 25.7 Å². The molecule has 0 bridgehead atoms. The molecule has 2 heterocycles. The molecule has 17 heavy (non-hydrogen) atoms. The van der Waals surface area contributed by atoms with Crippen molar-refractivity contribution in [2.45, 2.75) is 37.3 Å². The van der Waals surface area contributed by atoms with Crippen molar-refractivity contribution in [2.75, 3.05) is 33.4 Å². The number of rotatable bonds is 4. The Morgan fingerprint density at radius 1 is 1.41 bits per heavy atom. The molecule has 1 unspecified atom stereocenters. The van der Waals surface area contributed by atoms with E-state index in [1.54, 1.807) is 0 Å². The van der Waals surface area contributed by atoms with Crippen molar-refractivity contribution in [3.63, 3.8) is 0 Å². The molecule has 0 aromatic heterocycles. The molecule has 0 aromatic rings. The third-order valence-corrected chi connectivity index (χ3v) is 3.95. The smallest absolute Gasteiger partial charge is 0.324 e. The van der Waals surface area contributed by atoms with E-state index >= 15 is 0 Å². The van der Waals surface area contributed by atoms with Crippen LogP contribution in [-0.4, -0.2) is 61.0 Å². The molecular formula is C12H21NO4. The maximum Gasteiger partial charge on any atom is 0.324 e. The highest BCUT2D eigenvalue weighted by Crippen LogP contribution is 2.28. The average molecular weight is 243 g/mol. The summed E-state index contributed by atoms with van der Waals surface area (Å²) in [5.74, 6) is -0.735. The Morgan fingerprint density at radius 2 is 2.12 bits per heavy atom. The number of ether oxygens (including phenoxy) is 2. The summed E-state index contributed by atoms with van der Waals surface area (Å²) >= 11 is 0. The van der Waals surface area contributed by atoms with Gasteiger partial charge in [0.2, 0.25) is 0 Å². The molecule has 1 N–H and O–H groups in total. The van der Waals surface area contributed by atoms with Crippen molar-refractivity contribution in [2.24, 2.45) is 0 Å². The lowest BCUT2D eigenvalue weighted by atomic mass is 9.88. The molecule has 2 saturated heterocycles. The number of hydrogen-bond donors (Lipinski definition) is 1. The van der Waals surface area contributed by atoms with Crippen LogP contribution in [0.2, 0.25) is 0 Å². The van der Waals surface area contributed by atoms with Gasteiger partial charge in [0.15, 0.2) is 0 Å². The normalized spacial score (nSPS) is 28.5. The predicted molar refractivity (Wildman–Crippen MR) is 62.0 cm³/mol. The first-order valence-corrected chi connectivity index (χ1v) is 6.29. The zero-order chi connectivity index (χ0) is 12.3. The van der Waals surface area contributed by atoms with E-state index in [4.69, 9.17) is 9.47 Å². The van der Waals surface area contributed by atoms with Crippen molar-refractivity contribution >= 4 is 5.97 Å². The molecule has 2 rings (SSSR count). The van der Waals surface area contributed by atoms with Crippen LogP contribution in [0.4, 0.5) is 0 Å². The van der Waals surface area contributed by atoms with E-state index < -0.39 is 11.5 Å². The second-order valence-electron chi connectivity index (χ2n) is 4.96. The minimum absolute atomic E-state index is 0.194. The van der Waals surface area contributed by atoms with Crippen molar-refractivity contribution in [1.82, 2.24) is 4.90 Å². The first kappa shape index (κ1) is 12.8. The van der Waals surface area contributed by atoms with E-state index in [1.165, 1.54) is 0 Å². The molecule has 1 atom stereocenters. The summed E-state index contributed by atoms with van der Waals surface area (Å²) in [6.45, 7) is 2.57. The minimum Gasteiger partial charge on any atom is -0.480 e. The minimum atomic E-state index is -0.760. The molecule has 0 saturated carbocycles. The highest BCUT2D eigenvalue weighted by atomic mass is 16.5. The highest BCUT2D eigenvalue weighted by molar-refractivity contribution is 5.78. The molecule has 0 spiro atoms. The zero-order valence-electron chi connectivity index (χ0n) is 10.4. The van der Waals surface area contributed by atoms with Gasteiger partial charge in [-0.2, -0.15) is 0 Å². The highest BCUT2D eigenvalue weighted by Gasteiger charge is 2.44. The van der Waals surface area contributed by atoms with E-state index in [1.807, 2.05) is 11.9 Å². The predicted octanol–water partition coefficient (Wildman–Crippen LogP) is 0.731. The third kappa shape index (κ3) is 2.61. The Kier molecular flexibility index (Phi) is 4.01. The summed E-state index contributed by atoms with van der Waals surface area (Å²) < 4.78 is 10.8. The van der Waals surface area contributed by atoms with Crippen LogP contribution in [-0.2, 0) is 14.3 Å². The molecule has 2 aliphatic heterocycles. The molecule has 0 aliphatic carbocycles. The molecule has 2 aliphatic rings. The van der Waals surface area contributed by atoms with Gasteiger partial charge < -0.3 is 14.6 Å². The van der Waals surface area contributed by atoms with Crippen LogP contribution in [0.25, 0.3) is 0 Å². The molecule has 0 aromatic carbocycles. The molecule has 2 fully saturated rings. The van der Waals surface area contributed by atoms with Crippen molar-refractivity contribution in [1.29, 1.82) is 0 Å². The van der Waals surface area contributed by atoms with Gasteiger partial charge in [0, 0.05) is 26.4 Å². The first-order chi connectivity index (χ1) is 8.15. The van der Waals surface area contributed by atoms with E-state index in [0.29, 0.717) is 32.6 Å². The maximum absolute atomic E-state index is 11.6. The van der Waals surface area contributed by atoms with Crippen LogP contribution < -0.4 is 0 Å². The van der Waals surface area contributed by atoms with E-state index in [2.05, 4.69) is 0 Å². The van der Waals surface area contributed by atoms with E-state index in [-0.39, 0.29) is 6.10 Å². The molecule has 0 radical (unpaired) electrons. The van der Waals surface area contributed by atoms with Crippen molar-refractivity contribution < 1.29 is 19.4 Å². The number of carbonyl (C=O) groups is 1. The number of nitrogens with zero attached hydrogens (tertiary/aromatic N) is 1. The number of aliphatic carboxylic acids is 1. The van der Waals surface area contributed by atoms with Crippen LogP contribution in [0.5, 0.6) is 0 Å². The zero-order valence-corrected chi connectivity index (χ0v) is 10.4. The number of carboxylic acids is 1. The lowest BCUT2D eigenvalue weighted by Gasteiger charge is -2.41. The fraction of sp³-hybridized carbons (Fsp3) is 0.917. The van der Waals surface area contributed by atoms with Crippen LogP contribution in [0.15, 0.2) is 0 Å². The molecule has 5 nitrogen and oxygen atoms in total. The molecular weight excluding hydrogens is 222 g/mol. The first-order valence-electron chi connectivity index (χ1n) is 6.29. The van der Waals surface area contributed by atoms with Gasteiger partial charge in [-0.3, -0.25) is 9.69 Å². The van der Waals surface area contributed by atoms with Gasteiger partial charge in [-0.1, -0.05) is 0 Å². The topological polar surface area (TPSA) is 59.0 Å². The summed E-state index contributed by atoms with van der Waals surface area (Å²) in [5, 5.41) is 9.50. The number of likely N-dealkylation sites (N-methyl/N-ethyl adjacent to an activating group) is 1. The summed E-state index contributed by atoms with van der Waals surface area (Å²) in [7, 11) is 1.89. The van der Waals surface area contributed by atoms with Gasteiger partial charge >= 0.3 is 5.97 Å². The summed E-state index contributed by atoms with van der Waals surface area (Å²) in [6.07, 6.45) is 3.44. The average Bonchev–Trinajstić information content (AvgIpc) is 2.82. The van der Waals surface area contributed by atoms with Crippen LogP contribution in [0.3, 0.4) is 0 Å². The SMILES string of the molecule is CN(CC1CCCO1)C1(C(=O)O)CCOCC1. The van der Waals surface area contributed by atoms with Gasteiger partial charge in [-0.15, -0.1) is 0 Å². The Labute approximate surface area is 102 Å². The van der Waals surface area contributed by atoms with Crippen LogP contribution in [0, 0.1) is 0 Å². The fourth-order valence-electron chi connectivity index (χ4n) is 2.74. The van der Waals surface area contributed by atoms with E-state index in [0.717, 1.165) is 19.4 Å². The largest absolute Gasteiger partial charge is 0.480 e. The molecule has 5 heteroatoms. The number of carboxylic acid groups (broad SMARTS) is 1. The van der Waals surface area contributed by atoms with E-state index in [9.17, 15) is 9.90 Å². The summed E-state index contributed by atoms with van der Waals surface area (Å²) in [6, 6.07) is 0. The van der Waals surface area contributed by atoms with Gasteiger partial charge in [0.1, 0.15) is 5.54 Å². The second-order valence-corrected chi connectivity index (χ2v) is 4.96. The quantitative estimate of drug-likeness (QED) is 0.789. The Balaban J connectivity index is 2.01. The summed E-state index contributed by atoms with van der Waals surface area (Å²) in [4.78, 5) is 13.5. The lowest BCUT2D eigenvalue weighted by molar-refractivity contribution is -0.158. The van der Waals surface area contributed by atoms with Crippen molar-refractivity contribution in [3.05, 3.63) is 0 Å². The monoisotopic (exact) mass is 243 g/mol. The van der Waals surface area contributed by atoms with Gasteiger partial charge in [0.25, 0.3) is 0 Å². The van der Waals surface area contributed by atoms with Crippen LogP contribution >= 0.6 is 0 Å². The van der Waals surface area contributed by atoms with Gasteiger partial charge in [-0.25, -0.2) is 0 Å². The fourth-order valence-corrected chi connectivity index (χ4v) is 2.74. The second kappa shape index (κ2) is 5.33. The Bertz CT molecular complexity index is 270. The molecule has 0 amide bonds. The summed E-state index contributed by atoms with van der Waals surface area (Å²) in [5.41, 5.74) is -0.760. The standard InChI is InChI=1S/C12H21NO4/c1-13(9-10-3-2-6-17-10)12(11(14)15)4-7-16-8-5-12/h10H,2-9H2,1H3,(H,14,15). The van der Waals surface area contributed by atoms with Gasteiger partial charge in [0.05, 0.1) is 6.10 Å². The Hall–Kier alpha value is -0.650. The maximum atomic E-state index is 11.6. The third-order valence-electron chi connectivity index (χ3n) is 3.95. The molecule has 98 valence electrons.